The first-order chi connectivity index (χ1) is 15.1. The first-order valence-corrected chi connectivity index (χ1v) is 10.9. The summed E-state index contributed by atoms with van der Waals surface area (Å²) < 4.78 is 37.4. The molecule has 3 atom stereocenters. The summed E-state index contributed by atoms with van der Waals surface area (Å²) in [6.45, 7) is 5.61. The van der Waals surface area contributed by atoms with Crippen LogP contribution in [0.1, 0.15) is 45.4 Å². The number of rotatable bonds is 2. The number of anilines is 1. The number of aromatic nitrogens is 2. The Balaban J connectivity index is 0.000000360. The lowest BCUT2D eigenvalue weighted by Crippen LogP contribution is -2.51. The number of alkyl halides is 3. The summed E-state index contributed by atoms with van der Waals surface area (Å²) in [6.07, 6.45) is 6.63. The molecule has 32 heavy (non-hydrogen) atoms. The van der Waals surface area contributed by atoms with Crippen molar-refractivity contribution in [1.29, 1.82) is 0 Å². The lowest BCUT2D eigenvalue weighted by atomic mass is 9.86. The van der Waals surface area contributed by atoms with Crippen molar-refractivity contribution in [3.05, 3.63) is 18.6 Å². The standard InChI is InChI=1S/C19H28N4O2.C2HF3O2/c1-15-16(4-13-25-15)18(24)23-11-3-6-19(23)5-2-10-22(12-7-19)17-14-20-8-9-21-17;3-2(4,5)1(6)7/h8-9,14-16H,2-7,10-13H2,1H3;(H,6,7)/t15-,16-,19?;/m0./s1. The van der Waals surface area contributed by atoms with E-state index in [0.717, 1.165) is 70.6 Å². The molecule has 178 valence electrons. The average Bonchev–Trinajstić information content (AvgIpc) is 3.30. The van der Waals surface area contributed by atoms with Crippen molar-refractivity contribution in [2.45, 2.75) is 63.3 Å². The number of carboxylic acids is 1. The zero-order chi connectivity index (χ0) is 23.4. The predicted octanol–water partition coefficient (Wildman–Crippen LogP) is 2.89. The van der Waals surface area contributed by atoms with Crippen LogP contribution in [0.2, 0.25) is 0 Å². The first-order valence-electron chi connectivity index (χ1n) is 10.9. The third-order valence-electron chi connectivity index (χ3n) is 6.59. The SMILES string of the molecule is C[C@@H]1OCC[C@@H]1C(=O)N1CCCC12CCCN(c1cnccn1)CC2.O=C(O)C(F)(F)F. The van der Waals surface area contributed by atoms with Gasteiger partial charge in [-0.3, -0.25) is 9.78 Å². The number of likely N-dealkylation sites (tertiary alicyclic amines) is 1. The van der Waals surface area contributed by atoms with Gasteiger partial charge in [0.2, 0.25) is 5.91 Å². The molecule has 0 aromatic carbocycles. The molecule has 0 saturated carbocycles. The first kappa shape index (κ1) is 24.2. The average molecular weight is 458 g/mol. The van der Waals surface area contributed by atoms with E-state index in [1.54, 1.807) is 12.4 Å². The molecule has 1 amide bonds. The Morgan fingerprint density at radius 3 is 2.41 bits per heavy atom. The van der Waals surface area contributed by atoms with Crippen molar-refractivity contribution < 1.29 is 32.6 Å². The highest BCUT2D eigenvalue weighted by Crippen LogP contribution is 2.41. The fraction of sp³-hybridized carbons (Fsp3) is 0.714. The molecule has 1 aromatic heterocycles. The second-order valence-corrected chi connectivity index (χ2v) is 8.50. The van der Waals surface area contributed by atoms with Crippen molar-refractivity contribution in [1.82, 2.24) is 14.9 Å². The predicted molar refractivity (Wildman–Crippen MR) is 109 cm³/mol. The van der Waals surface area contributed by atoms with Crippen molar-refractivity contribution in [3.8, 4) is 0 Å². The Morgan fingerprint density at radius 1 is 1.16 bits per heavy atom. The van der Waals surface area contributed by atoms with Crippen LogP contribution >= 0.6 is 0 Å². The number of carbonyl (C=O) groups excluding carboxylic acids is 1. The highest BCUT2D eigenvalue weighted by atomic mass is 19.4. The normalized spacial score (nSPS) is 28.2. The lowest BCUT2D eigenvalue weighted by molar-refractivity contribution is -0.192. The van der Waals surface area contributed by atoms with E-state index < -0.39 is 12.1 Å². The molecule has 1 unspecified atom stereocenters. The van der Waals surface area contributed by atoms with E-state index in [0.29, 0.717) is 5.91 Å². The molecule has 1 aromatic rings. The maximum atomic E-state index is 13.2. The molecule has 3 aliphatic heterocycles. The van der Waals surface area contributed by atoms with E-state index in [-0.39, 0.29) is 17.6 Å². The van der Waals surface area contributed by atoms with Crippen molar-refractivity contribution >= 4 is 17.7 Å². The molecule has 11 heteroatoms. The number of halogens is 3. The molecule has 3 fully saturated rings. The second-order valence-electron chi connectivity index (χ2n) is 8.50. The Morgan fingerprint density at radius 2 is 1.84 bits per heavy atom. The molecule has 3 aliphatic rings. The van der Waals surface area contributed by atoms with Crippen molar-refractivity contribution in [2.75, 3.05) is 31.1 Å². The molecule has 0 bridgehead atoms. The molecule has 8 nitrogen and oxygen atoms in total. The zero-order valence-electron chi connectivity index (χ0n) is 18.1. The van der Waals surface area contributed by atoms with E-state index in [1.807, 2.05) is 13.1 Å². The molecule has 1 spiro atoms. The van der Waals surface area contributed by atoms with Gasteiger partial charge in [-0.1, -0.05) is 0 Å². The van der Waals surface area contributed by atoms with Crippen LogP contribution in [-0.4, -0.2) is 75.9 Å². The fourth-order valence-electron chi connectivity index (χ4n) is 4.92. The van der Waals surface area contributed by atoms with Gasteiger partial charge in [0.15, 0.2) is 0 Å². The zero-order valence-corrected chi connectivity index (χ0v) is 18.1. The Labute approximate surface area is 184 Å². The van der Waals surface area contributed by atoms with Crippen LogP contribution in [0.25, 0.3) is 0 Å². The van der Waals surface area contributed by atoms with Crippen LogP contribution in [0.5, 0.6) is 0 Å². The molecule has 1 N–H and O–H groups in total. The van der Waals surface area contributed by atoms with Crippen LogP contribution in [0.4, 0.5) is 19.0 Å². The number of hydrogen-bond donors (Lipinski definition) is 1. The number of nitrogens with zero attached hydrogens (tertiary/aromatic N) is 4. The Hall–Kier alpha value is -2.43. The van der Waals surface area contributed by atoms with Gasteiger partial charge in [0.25, 0.3) is 0 Å². The second kappa shape index (κ2) is 10.0. The van der Waals surface area contributed by atoms with E-state index >= 15 is 0 Å². The number of ether oxygens (including phenoxy) is 1. The van der Waals surface area contributed by atoms with Gasteiger partial charge in [0, 0.05) is 44.2 Å². The van der Waals surface area contributed by atoms with Crippen molar-refractivity contribution in [3.63, 3.8) is 0 Å². The van der Waals surface area contributed by atoms with E-state index in [4.69, 9.17) is 14.6 Å². The minimum atomic E-state index is -5.08. The largest absolute Gasteiger partial charge is 0.490 e. The quantitative estimate of drug-likeness (QED) is 0.728. The molecule has 3 saturated heterocycles. The van der Waals surface area contributed by atoms with E-state index in [1.165, 1.54) is 0 Å². The number of amides is 1. The summed E-state index contributed by atoms with van der Waals surface area (Å²) in [6, 6.07) is 0. The van der Waals surface area contributed by atoms with Crippen LogP contribution < -0.4 is 4.90 Å². The smallest absolute Gasteiger partial charge is 0.475 e. The van der Waals surface area contributed by atoms with Gasteiger partial charge in [-0.2, -0.15) is 13.2 Å². The fourth-order valence-corrected chi connectivity index (χ4v) is 4.92. The van der Waals surface area contributed by atoms with Crippen LogP contribution in [0, 0.1) is 5.92 Å². The Kier molecular flexibility index (Phi) is 7.58. The topological polar surface area (TPSA) is 95.9 Å². The van der Waals surface area contributed by atoms with Gasteiger partial charge in [-0.05, 0) is 45.4 Å². The van der Waals surface area contributed by atoms with Gasteiger partial charge >= 0.3 is 12.1 Å². The number of carbonyl (C=O) groups is 2. The summed E-state index contributed by atoms with van der Waals surface area (Å²) in [4.78, 5) is 35.3. The molecule has 0 aliphatic carbocycles. The van der Waals surface area contributed by atoms with Crippen molar-refractivity contribution in [2.24, 2.45) is 5.92 Å². The van der Waals surface area contributed by atoms with Gasteiger partial charge in [0.05, 0.1) is 18.2 Å². The van der Waals surface area contributed by atoms with Crippen LogP contribution in [0.15, 0.2) is 18.6 Å². The molecular weight excluding hydrogens is 429 g/mol. The third-order valence-corrected chi connectivity index (χ3v) is 6.59. The van der Waals surface area contributed by atoms with E-state index in [2.05, 4.69) is 19.8 Å². The summed E-state index contributed by atoms with van der Waals surface area (Å²) in [7, 11) is 0. The summed E-state index contributed by atoms with van der Waals surface area (Å²) in [5.74, 6) is -1.43. The number of aliphatic carboxylic acids is 1. The van der Waals surface area contributed by atoms with Gasteiger partial charge in [-0.25, -0.2) is 9.78 Å². The highest BCUT2D eigenvalue weighted by Gasteiger charge is 2.47. The lowest BCUT2D eigenvalue weighted by Gasteiger charge is -2.40. The summed E-state index contributed by atoms with van der Waals surface area (Å²) in [5.41, 5.74) is 0.0380. The number of hydrogen-bond acceptors (Lipinski definition) is 6. The number of carboxylic acid groups (broad SMARTS) is 1. The maximum Gasteiger partial charge on any atom is 0.490 e. The third kappa shape index (κ3) is 5.48. The molecule has 4 heterocycles. The minimum Gasteiger partial charge on any atom is -0.475 e. The van der Waals surface area contributed by atoms with Gasteiger partial charge < -0.3 is 19.6 Å². The molecule has 4 rings (SSSR count). The molecule has 0 radical (unpaired) electrons. The highest BCUT2D eigenvalue weighted by molar-refractivity contribution is 5.81. The van der Waals surface area contributed by atoms with E-state index in [9.17, 15) is 18.0 Å². The van der Waals surface area contributed by atoms with Crippen LogP contribution in [-0.2, 0) is 14.3 Å². The maximum absolute atomic E-state index is 13.2. The summed E-state index contributed by atoms with van der Waals surface area (Å²) >= 11 is 0. The van der Waals surface area contributed by atoms with Crippen LogP contribution in [0.3, 0.4) is 0 Å². The van der Waals surface area contributed by atoms with Gasteiger partial charge in [-0.15, -0.1) is 0 Å². The summed E-state index contributed by atoms with van der Waals surface area (Å²) in [5, 5.41) is 7.12. The molecular formula is C21H29F3N4O4. The van der Waals surface area contributed by atoms with Gasteiger partial charge in [0.1, 0.15) is 5.82 Å². The Bertz CT molecular complexity index is 795. The minimum absolute atomic E-state index is 0.0380. The monoisotopic (exact) mass is 458 g/mol.